The van der Waals surface area contributed by atoms with Crippen LogP contribution < -0.4 is 9.47 Å². The van der Waals surface area contributed by atoms with Crippen LogP contribution in [0.5, 0.6) is 11.6 Å². The predicted octanol–water partition coefficient (Wildman–Crippen LogP) is 4.21. The number of hydrogen-bond acceptors (Lipinski definition) is 6. The molecule has 0 saturated carbocycles. The van der Waals surface area contributed by atoms with E-state index >= 15 is 0 Å². The molecule has 0 spiro atoms. The van der Waals surface area contributed by atoms with Crippen molar-refractivity contribution in [1.82, 2.24) is 9.88 Å². The fraction of sp³-hybridized carbons (Fsp3) is 0.476. The molecule has 0 aliphatic carbocycles. The number of aromatic nitrogens is 1. The summed E-state index contributed by atoms with van der Waals surface area (Å²) in [5, 5.41) is 11.1. The maximum Gasteiger partial charge on any atom is 0.276 e. The highest BCUT2D eigenvalue weighted by Crippen LogP contribution is 2.25. The van der Waals surface area contributed by atoms with Crippen LogP contribution in [0, 0.1) is 10.1 Å². The Bertz CT molecular complexity index is 794. The van der Waals surface area contributed by atoms with Gasteiger partial charge in [-0.15, -0.1) is 0 Å². The van der Waals surface area contributed by atoms with Crippen molar-refractivity contribution in [3.8, 4) is 11.6 Å². The molecule has 0 N–H and O–H groups in total. The van der Waals surface area contributed by atoms with Gasteiger partial charge in [0.05, 0.1) is 16.7 Å². The summed E-state index contributed by atoms with van der Waals surface area (Å²) in [6.07, 6.45) is 3.82. The molecule has 3 rings (SSSR count). The summed E-state index contributed by atoms with van der Waals surface area (Å²) in [7, 11) is 0. The molecule has 2 heterocycles. The zero-order valence-corrected chi connectivity index (χ0v) is 16.6. The molecule has 7 nitrogen and oxygen atoms in total. The van der Waals surface area contributed by atoms with Gasteiger partial charge in [0.1, 0.15) is 18.5 Å². The van der Waals surface area contributed by atoms with E-state index in [-0.39, 0.29) is 23.9 Å². The molecule has 1 saturated heterocycles. The van der Waals surface area contributed by atoms with Crippen LogP contribution in [0.1, 0.15) is 39.2 Å². The number of hydrogen-bond donors (Lipinski definition) is 0. The van der Waals surface area contributed by atoms with Gasteiger partial charge in [0.15, 0.2) is 0 Å². The Hall–Kier alpha value is -2.67. The minimum absolute atomic E-state index is 0.0454. The molecule has 0 unspecified atom stereocenters. The highest BCUT2D eigenvalue weighted by molar-refractivity contribution is 5.39. The number of nitro benzene ring substituents is 1. The number of pyridine rings is 1. The number of para-hydroxylation sites is 1. The average molecular weight is 385 g/mol. The third-order valence-electron chi connectivity index (χ3n) is 4.97. The lowest BCUT2D eigenvalue weighted by molar-refractivity contribution is -0.385. The number of nitrogens with zero attached hydrogens (tertiary/aromatic N) is 3. The zero-order chi connectivity index (χ0) is 20.1. The summed E-state index contributed by atoms with van der Waals surface area (Å²) < 4.78 is 11.7. The fourth-order valence-electron chi connectivity index (χ4n) is 3.32. The predicted molar refractivity (Wildman–Crippen MR) is 107 cm³/mol. The van der Waals surface area contributed by atoms with E-state index in [9.17, 15) is 10.1 Å². The van der Waals surface area contributed by atoms with E-state index in [1.165, 1.54) is 6.07 Å². The number of ether oxygens (including phenoxy) is 2. The molecular formula is C21H27N3O4. The van der Waals surface area contributed by atoms with Gasteiger partial charge in [0, 0.05) is 30.8 Å². The highest BCUT2D eigenvalue weighted by Gasteiger charge is 2.27. The lowest BCUT2D eigenvalue weighted by atomic mass is 9.99. The van der Waals surface area contributed by atoms with Crippen LogP contribution in [-0.4, -0.2) is 39.5 Å². The number of likely N-dealkylation sites (tertiary alicyclic amines) is 1. The third kappa shape index (κ3) is 5.19. The SMILES string of the molecule is CC(C)(C)N1CCC(Oc2ccc(OCc3ccccc3[N+](=O)[O-])nc2)CC1. The Kier molecular flexibility index (Phi) is 6.14. The van der Waals surface area contributed by atoms with E-state index in [0.29, 0.717) is 17.2 Å². The Morgan fingerprint density at radius 2 is 1.89 bits per heavy atom. The summed E-state index contributed by atoms with van der Waals surface area (Å²) in [5.41, 5.74) is 0.753. The molecule has 0 atom stereocenters. The highest BCUT2D eigenvalue weighted by atomic mass is 16.6. The van der Waals surface area contributed by atoms with Crippen LogP contribution in [0.2, 0.25) is 0 Å². The molecule has 2 aromatic rings. The standard InChI is InChI=1S/C21H27N3O4/c1-21(2,3)23-12-10-17(11-13-23)28-18-8-9-20(22-14-18)27-15-16-6-4-5-7-19(16)24(25)26/h4-9,14,17H,10-13,15H2,1-3H3. The van der Waals surface area contributed by atoms with Crippen LogP contribution in [0.15, 0.2) is 42.6 Å². The van der Waals surface area contributed by atoms with Crippen molar-refractivity contribution in [2.45, 2.75) is 51.9 Å². The van der Waals surface area contributed by atoms with Gasteiger partial charge in [-0.3, -0.25) is 15.0 Å². The molecule has 1 aromatic heterocycles. The summed E-state index contributed by atoms with van der Waals surface area (Å²) >= 11 is 0. The normalized spacial score (nSPS) is 16.0. The van der Waals surface area contributed by atoms with Gasteiger partial charge in [-0.05, 0) is 45.7 Å². The molecule has 0 amide bonds. The smallest absolute Gasteiger partial charge is 0.276 e. The van der Waals surface area contributed by atoms with Crippen LogP contribution in [0.4, 0.5) is 5.69 Å². The largest absolute Gasteiger partial charge is 0.489 e. The minimum atomic E-state index is -0.409. The second kappa shape index (κ2) is 8.56. The van der Waals surface area contributed by atoms with Gasteiger partial charge >= 0.3 is 0 Å². The molecule has 1 aliphatic heterocycles. The van der Waals surface area contributed by atoms with Crippen LogP contribution in [-0.2, 0) is 6.61 Å². The summed E-state index contributed by atoms with van der Waals surface area (Å²) in [6.45, 7) is 8.86. The van der Waals surface area contributed by atoms with E-state index in [4.69, 9.17) is 9.47 Å². The van der Waals surface area contributed by atoms with Gasteiger partial charge in [0.2, 0.25) is 5.88 Å². The fourth-order valence-corrected chi connectivity index (χ4v) is 3.32. The van der Waals surface area contributed by atoms with Crippen molar-refractivity contribution >= 4 is 5.69 Å². The molecule has 1 aromatic carbocycles. The minimum Gasteiger partial charge on any atom is -0.489 e. The van der Waals surface area contributed by atoms with Gasteiger partial charge in [-0.1, -0.05) is 12.1 Å². The van der Waals surface area contributed by atoms with E-state index in [0.717, 1.165) is 25.9 Å². The van der Waals surface area contributed by atoms with E-state index in [2.05, 4.69) is 30.7 Å². The number of nitro groups is 1. The number of piperidine rings is 1. The van der Waals surface area contributed by atoms with Crippen molar-refractivity contribution in [3.63, 3.8) is 0 Å². The summed E-state index contributed by atoms with van der Waals surface area (Å²) in [5.74, 6) is 1.13. The Morgan fingerprint density at radius 3 is 2.50 bits per heavy atom. The van der Waals surface area contributed by atoms with E-state index in [1.54, 1.807) is 30.5 Å². The van der Waals surface area contributed by atoms with Crippen molar-refractivity contribution < 1.29 is 14.4 Å². The molecule has 0 radical (unpaired) electrons. The third-order valence-corrected chi connectivity index (χ3v) is 4.97. The Labute approximate surface area is 165 Å². The van der Waals surface area contributed by atoms with Gasteiger partial charge in [0.25, 0.3) is 5.69 Å². The lowest BCUT2D eigenvalue weighted by Crippen LogP contribution is -2.48. The van der Waals surface area contributed by atoms with Crippen molar-refractivity contribution in [1.29, 1.82) is 0 Å². The molecule has 0 bridgehead atoms. The van der Waals surface area contributed by atoms with Crippen LogP contribution in [0.3, 0.4) is 0 Å². The van der Waals surface area contributed by atoms with Crippen LogP contribution >= 0.6 is 0 Å². The first kappa shape index (κ1) is 20.1. The molecule has 1 fully saturated rings. The van der Waals surface area contributed by atoms with Crippen molar-refractivity contribution in [3.05, 3.63) is 58.3 Å². The van der Waals surface area contributed by atoms with Crippen molar-refractivity contribution in [2.75, 3.05) is 13.1 Å². The molecule has 7 heteroatoms. The Balaban J connectivity index is 1.51. The summed E-state index contributed by atoms with van der Waals surface area (Å²) in [6, 6.07) is 10.1. The first-order valence-electron chi connectivity index (χ1n) is 9.56. The lowest BCUT2D eigenvalue weighted by Gasteiger charge is -2.40. The maximum absolute atomic E-state index is 11.1. The topological polar surface area (TPSA) is 77.7 Å². The molecule has 28 heavy (non-hydrogen) atoms. The maximum atomic E-state index is 11.1. The summed E-state index contributed by atoms with van der Waals surface area (Å²) in [4.78, 5) is 17.4. The second-order valence-electron chi connectivity index (χ2n) is 7.98. The number of rotatable bonds is 6. The zero-order valence-electron chi connectivity index (χ0n) is 16.6. The molecular weight excluding hydrogens is 358 g/mol. The first-order chi connectivity index (χ1) is 13.3. The van der Waals surface area contributed by atoms with Crippen molar-refractivity contribution in [2.24, 2.45) is 0 Å². The molecule has 1 aliphatic rings. The van der Waals surface area contributed by atoms with Gasteiger partial charge in [-0.25, -0.2) is 4.98 Å². The first-order valence-corrected chi connectivity index (χ1v) is 9.56. The van der Waals surface area contributed by atoms with E-state index < -0.39 is 4.92 Å². The van der Waals surface area contributed by atoms with E-state index in [1.807, 2.05) is 6.07 Å². The quantitative estimate of drug-likeness (QED) is 0.547. The average Bonchev–Trinajstić information content (AvgIpc) is 2.67. The Morgan fingerprint density at radius 1 is 1.18 bits per heavy atom. The monoisotopic (exact) mass is 385 g/mol. The molecule has 150 valence electrons. The number of benzene rings is 1. The van der Waals surface area contributed by atoms with Gasteiger partial charge in [-0.2, -0.15) is 0 Å². The van der Waals surface area contributed by atoms with Gasteiger partial charge < -0.3 is 9.47 Å². The van der Waals surface area contributed by atoms with Crippen LogP contribution in [0.25, 0.3) is 0 Å². The second-order valence-corrected chi connectivity index (χ2v) is 7.98.